The molecule has 3 rings (SSSR count). The summed E-state index contributed by atoms with van der Waals surface area (Å²) in [5.74, 6) is 0. The molecule has 1 heteroatoms. The Morgan fingerprint density at radius 2 is 1.67 bits per heavy atom. The number of allylic oxidation sites excluding steroid dienone is 2. The molecule has 106 valence electrons. The lowest BCUT2D eigenvalue weighted by atomic mass is 10.0. The highest BCUT2D eigenvalue weighted by atomic mass is 15.1. The number of aryl methyl sites for hydroxylation is 1. The lowest BCUT2D eigenvalue weighted by Crippen LogP contribution is -2.22. The Kier molecular flexibility index (Phi) is 4.20. The van der Waals surface area contributed by atoms with Crippen molar-refractivity contribution in [2.24, 2.45) is 0 Å². The third-order valence-electron chi connectivity index (χ3n) is 3.82. The summed E-state index contributed by atoms with van der Waals surface area (Å²) in [6, 6.07) is 19.5. The highest BCUT2D eigenvalue weighted by Crippen LogP contribution is 2.16. The van der Waals surface area contributed by atoms with Gasteiger partial charge in [0.1, 0.15) is 0 Å². The number of hydrogen-bond acceptors (Lipinski definition) is 1. The van der Waals surface area contributed by atoms with Gasteiger partial charge in [0.25, 0.3) is 0 Å². The van der Waals surface area contributed by atoms with Gasteiger partial charge in [-0.2, -0.15) is 0 Å². The third-order valence-corrected chi connectivity index (χ3v) is 3.82. The summed E-state index contributed by atoms with van der Waals surface area (Å²) in [5.41, 5.74) is 5.54. The van der Waals surface area contributed by atoms with E-state index >= 15 is 0 Å². The number of benzene rings is 2. The number of nitrogens with zero attached hydrogens (tertiary/aromatic N) is 1. The molecule has 0 aromatic heterocycles. The average molecular weight is 275 g/mol. The lowest BCUT2D eigenvalue weighted by molar-refractivity contribution is 0.392. The predicted octanol–water partition coefficient (Wildman–Crippen LogP) is 4.49. The molecule has 0 bridgehead atoms. The quantitative estimate of drug-likeness (QED) is 0.794. The first kappa shape index (κ1) is 13.7. The minimum absolute atomic E-state index is 0.975. The second kappa shape index (κ2) is 6.45. The first-order chi connectivity index (χ1) is 10.3. The Hall–Kier alpha value is -2.28. The van der Waals surface area contributed by atoms with Gasteiger partial charge in [0.15, 0.2) is 0 Å². The van der Waals surface area contributed by atoms with E-state index in [-0.39, 0.29) is 0 Å². The zero-order valence-corrected chi connectivity index (χ0v) is 12.5. The molecule has 0 amide bonds. The van der Waals surface area contributed by atoms with E-state index in [1.165, 1.54) is 22.3 Å². The van der Waals surface area contributed by atoms with Gasteiger partial charge >= 0.3 is 0 Å². The summed E-state index contributed by atoms with van der Waals surface area (Å²) in [6.45, 7) is 4.12. The van der Waals surface area contributed by atoms with E-state index in [9.17, 15) is 0 Å². The first-order valence-corrected chi connectivity index (χ1v) is 7.49. The Morgan fingerprint density at radius 3 is 2.43 bits per heavy atom. The zero-order chi connectivity index (χ0) is 14.5. The number of rotatable bonds is 4. The summed E-state index contributed by atoms with van der Waals surface area (Å²) in [7, 11) is 0. The fourth-order valence-corrected chi connectivity index (χ4v) is 2.68. The monoisotopic (exact) mass is 275 g/mol. The van der Waals surface area contributed by atoms with Gasteiger partial charge in [0.2, 0.25) is 0 Å². The highest BCUT2D eigenvalue weighted by molar-refractivity contribution is 5.29. The van der Waals surface area contributed by atoms with Crippen molar-refractivity contribution in [2.75, 3.05) is 6.54 Å². The molecule has 0 saturated carbocycles. The molecule has 0 aliphatic carbocycles. The lowest BCUT2D eigenvalue weighted by Gasteiger charge is -2.25. The van der Waals surface area contributed by atoms with E-state index in [4.69, 9.17) is 0 Å². The molecule has 21 heavy (non-hydrogen) atoms. The van der Waals surface area contributed by atoms with E-state index in [1.807, 2.05) is 0 Å². The molecule has 0 radical (unpaired) electrons. The van der Waals surface area contributed by atoms with Crippen LogP contribution in [0.2, 0.25) is 0 Å². The second-order valence-corrected chi connectivity index (χ2v) is 5.72. The molecule has 1 nitrogen and oxygen atoms in total. The minimum atomic E-state index is 0.975. The molecule has 1 aliphatic heterocycles. The third kappa shape index (κ3) is 3.85. The summed E-state index contributed by atoms with van der Waals surface area (Å²) < 4.78 is 0. The van der Waals surface area contributed by atoms with Crippen LogP contribution < -0.4 is 0 Å². The van der Waals surface area contributed by atoms with Gasteiger partial charge in [-0.3, -0.25) is 0 Å². The van der Waals surface area contributed by atoms with Gasteiger partial charge < -0.3 is 4.90 Å². The van der Waals surface area contributed by atoms with Crippen molar-refractivity contribution in [3.8, 4) is 0 Å². The van der Waals surface area contributed by atoms with Crippen LogP contribution in [0.15, 0.2) is 78.5 Å². The van der Waals surface area contributed by atoms with Crippen LogP contribution in [0.25, 0.3) is 0 Å². The predicted molar refractivity (Wildman–Crippen MR) is 89.0 cm³/mol. The van der Waals surface area contributed by atoms with Gasteiger partial charge in [-0.1, -0.05) is 66.2 Å². The maximum atomic E-state index is 2.37. The van der Waals surface area contributed by atoms with E-state index < -0.39 is 0 Å². The molecule has 1 aliphatic rings. The summed E-state index contributed by atoms with van der Waals surface area (Å²) >= 11 is 0. The molecule has 2 aromatic carbocycles. The van der Waals surface area contributed by atoms with Gasteiger partial charge in [-0.25, -0.2) is 0 Å². The highest BCUT2D eigenvalue weighted by Gasteiger charge is 2.08. The van der Waals surface area contributed by atoms with Crippen LogP contribution in [0.5, 0.6) is 0 Å². The molecular weight excluding hydrogens is 254 g/mol. The SMILES string of the molecule is Cc1ccc(CC2=CC=CN(Cc3ccccc3)C2)cc1. The first-order valence-electron chi connectivity index (χ1n) is 7.49. The van der Waals surface area contributed by atoms with Crippen LogP contribution in [0.3, 0.4) is 0 Å². The second-order valence-electron chi connectivity index (χ2n) is 5.72. The van der Waals surface area contributed by atoms with Gasteiger partial charge in [-0.15, -0.1) is 0 Å². The normalized spacial score (nSPS) is 14.1. The van der Waals surface area contributed by atoms with E-state index in [0.717, 1.165) is 19.5 Å². The summed E-state index contributed by atoms with van der Waals surface area (Å²) in [5, 5.41) is 0. The Morgan fingerprint density at radius 1 is 0.905 bits per heavy atom. The molecule has 0 spiro atoms. The smallest absolute Gasteiger partial charge is 0.0427 e. The van der Waals surface area contributed by atoms with E-state index in [0.29, 0.717) is 0 Å². The van der Waals surface area contributed by atoms with Crippen molar-refractivity contribution >= 4 is 0 Å². The van der Waals surface area contributed by atoms with E-state index in [2.05, 4.69) is 84.8 Å². The van der Waals surface area contributed by atoms with Gasteiger partial charge in [-0.05, 0) is 42.3 Å². The van der Waals surface area contributed by atoms with Gasteiger partial charge in [0, 0.05) is 13.1 Å². The van der Waals surface area contributed by atoms with Crippen LogP contribution >= 0.6 is 0 Å². The molecule has 1 heterocycles. The fraction of sp³-hybridized carbons (Fsp3) is 0.200. The van der Waals surface area contributed by atoms with Crippen molar-refractivity contribution in [1.82, 2.24) is 4.90 Å². The maximum absolute atomic E-state index is 2.37. The van der Waals surface area contributed by atoms with Crippen LogP contribution in [-0.2, 0) is 13.0 Å². The molecule has 0 unspecified atom stereocenters. The van der Waals surface area contributed by atoms with Crippen molar-refractivity contribution in [3.05, 3.63) is 95.2 Å². The molecule has 0 fully saturated rings. The Labute approximate surface area is 127 Å². The molecule has 0 saturated heterocycles. The zero-order valence-electron chi connectivity index (χ0n) is 12.5. The maximum Gasteiger partial charge on any atom is 0.0427 e. The molecule has 0 atom stereocenters. The molecule has 0 N–H and O–H groups in total. The van der Waals surface area contributed by atoms with Crippen molar-refractivity contribution < 1.29 is 0 Å². The van der Waals surface area contributed by atoms with Crippen molar-refractivity contribution in [3.63, 3.8) is 0 Å². The van der Waals surface area contributed by atoms with Gasteiger partial charge in [0.05, 0.1) is 0 Å². The fourth-order valence-electron chi connectivity index (χ4n) is 2.68. The van der Waals surface area contributed by atoms with Crippen LogP contribution in [0, 0.1) is 6.92 Å². The standard InChI is InChI=1S/C20H21N/c1-17-9-11-18(12-10-17)14-20-8-5-13-21(16-20)15-19-6-3-2-4-7-19/h2-13H,14-16H2,1H3. The van der Waals surface area contributed by atoms with Crippen molar-refractivity contribution in [1.29, 1.82) is 0 Å². The van der Waals surface area contributed by atoms with Crippen LogP contribution in [0.1, 0.15) is 16.7 Å². The van der Waals surface area contributed by atoms with E-state index in [1.54, 1.807) is 0 Å². The van der Waals surface area contributed by atoms with Crippen LogP contribution in [-0.4, -0.2) is 11.4 Å². The minimum Gasteiger partial charge on any atom is -0.369 e. The van der Waals surface area contributed by atoms with Crippen molar-refractivity contribution in [2.45, 2.75) is 19.9 Å². The largest absolute Gasteiger partial charge is 0.369 e. The summed E-state index contributed by atoms with van der Waals surface area (Å²) in [6.07, 6.45) is 7.64. The molecule has 2 aromatic rings. The Balaban J connectivity index is 1.62. The number of hydrogen-bond donors (Lipinski definition) is 0. The Bertz CT molecular complexity index is 635. The average Bonchev–Trinajstić information content (AvgIpc) is 2.51. The summed E-state index contributed by atoms with van der Waals surface area (Å²) in [4.78, 5) is 2.37. The van der Waals surface area contributed by atoms with Crippen LogP contribution in [0.4, 0.5) is 0 Å². The topological polar surface area (TPSA) is 3.24 Å². The molecular formula is C20H21N.